The van der Waals surface area contributed by atoms with Crippen LogP contribution < -0.4 is 49.6 Å². The largest absolute Gasteiger partial charge is 0.497 e. The Labute approximate surface area is 445 Å². The number of benzene rings is 3. The van der Waals surface area contributed by atoms with Gasteiger partial charge in [0.2, 0.25) is 53.7 Å². The fraction of sp³-hybridized carbons (Fsp3) is 0.531. The van der Waals surface area contributed by atoms with Crippen LogP contribution in [0.2, 0.25) is 0 Å². The van der Waals surface area contributed by atoms with Crippen molar-refractivity contribution in [2.45, 2.75) is 84.9 Å². The lowest BCUT2D eigenvalue weighted by atomic mass is 10.0. The number of Topliss-reactive ketones (excluding diaryl/α,β-unsaturated/α-hetero) is 1. The zero-order chi connectivity index (χ0) is 55.9. The molecule has 0 fully saturated rings. The van der Waals surface area contributed by atoms with Crippen LogP contribution in [0.5, 0.6) is 17.2 Å². The number of sulfonamides is 3. The number of nitrogens with one attached hydrogen (secondary N) is 7. The Hall–Kier alpha value is -5.78. The van der Waals surface area contributed by atoms with E-state index in [1.807, 2.05) is 0 Å². The van der Waals surface area contributed by atoms with Crippen molar-refractivity contribution >= 4 is 59.5 Å². The maximum absolute atomic E-state index is 13.4. The van der Waals surface area contributed by atoms with E-state index in [2.05, 4.69) is 35.4 Å². The third-order valence-corrected chi connectivity index (χ3v) is 15.3. The molecule has 0 aromatic heterocycles. The minimum Gasteiger partial charge on any atom is -0.497 e. The van der Waals surface area contributed by atoms with Crippen LogP contribution in [0.3, 0.4) is 0 Å². The molecule has 0 heterocycles. The SMILES string of the molecule is COc1ccc(S(=O)(=O)NCCCNC(=O)CCOCC(COCCC(=O)NCCCNS(=O)(=O)c2ccc(OC)cc2)(COCCC(=O)NCCCNS(=O)(=O)c2ccc(OC)cc2)NC(=O)CCCC(C)=O)cc1. The smallest absolute Gasteiger partial charge is 0.240 e. The van der Waals surface area contributed by atoms with E-state index in [-0.39, 0.29) is 157 Å². The zero-order valence-corrected chi connectivity index (χ0v) is 45.9. The lowest BCUT2D eigenvalue weighted by Gasteiger charge is -2.34. The molecule has 0 aliphatic carbocycles. The molecule has 27 heteroatoms. The number of methoxy groups -OCH3 is 3. The first-order valence-electron chi connectivity index (χ1n) is 24.5. The predicted molar refractivity (Wildman–Crippen MR) is 279 cm³/mol. The number of amides is 4. The number of hydrogen-bond acceptors (Lipinski definition) is 17. The minimum atomic E-state index is -3.79. The van der Waals surface area contributed by atoms with Gasteiger partial charge in [0.15, 0.2) is 0 Å². The van der Waals surface area contributed by atoms with Crippen LogP contribution in [0.25, 0.3) is 0 Å². The van der Waals surface area contributed by atoms with Crippen LogP contribution in [-0.4, -0.2) is 160 Å². The number of carbonyl (C=O) groups is 5. The summed E-state index contributed by atoms with van der Waals surface area (Å²) in [5.74, 6) is -0.260. The highest BCUT2D eigenvalue weighted by atomic mass is 32.2. The summed E-state index contributed by atoms with van der Waals surface area (Å²) in [5, 5.41) is 11.0. The van der Waals surface area contributed by atoms with Crippen molar-refractivity contribution in [3.05, 3.63) is 72.8 Å². The van der Waals surface area contributed by atoms with Gasteiger partial charge in [-0.15, -0.1) is 0 Å². The topological polar surface area (TPSA) is 327 Å². The Morgan fingerprint density at radius 3 is 0.987 bits per heavy atom. The molecule has 0 atom stereocenters. The standard InChI is InChI=1S/C49H73N7O17S3/c1-38(57)9-5-10-48(61)56-49(35-71-32-23-45(58)50-26-6-29-53-74(62,63)42-17-11-39(68-2)12-18-42,36-72-33-24-46(59)51-27-7-30-54-75(64,65)43-19-13-40(69-3)14-20-43)37-73-34-25-47(60)52-28-8-31-55-76(66,67)44-21-15-41(70-4)16-22-44/h11-22,53-55H,5-10,23-37H2,1-4H3,(H,50,58)(H,51,59)(H,52,60)(H,56,61). The first-order chi connectivity index (χ1) is 36.2. The Morgan fingerprint density at radius 1 is 0.408 bits per heavy atom. The van der Waals surface area contributed by atoms with Crippen molar-refractivity contribution in [1.29, 1.82) is 0 Å². The summed E-state index contributed by atoms with van der Waals surface area (Å²) in [7, 11) is -6.95. The van der Waals surface area contributed by atoms with E-state index in [1.165, 1.54) is 101 Å². The van der Waals surface area contributed by atoms with E-state index < -0.39 is 59.2 Å². The molecular formula is C49H73N7O17S3. The van der Waals surface area contributed by atoms with E-state index >= 15 is 0 Å². The van der Waals surface area contributed by atoms with Gasteiger partial charge in [-0.25, -0.2) is 39.4 Å². The van der Waals surface area contributed by atoms with Gasteiger partial charge >= 0.3 is 0 Å². The van der Waals surface area contributed by atoms with E-state index in [1.54, 1.807) is 0 Å². The third kappa shape index (κ3) is 25.4. The molecule has 7 N–H and O–H groups in total. The second-order valence-electron chi connectivity index (χ2n) is 17.1. The summed E-state index contributed by atoms with van der Waals surface area (Å²) in [6.45, 7) is 0.843. The van der Waals surface area contributed by atoms with Crippen LogP contribution in [0.4, 0.5) is 0 Å². The highest BCUT2D eigenvalue weighted by Crippen LogP contribution is 2.18. The maximum atomic E-state index is 13.4. The monoisotopic (exact) mass is 1130 g/mol. The van der Waals surface area contributed by atoms with Gasteiger partial charge in [0.25, 0.3) is 0 Å². The zero-order valence-electron chi connectivity index (χ0n) is 43.4. The van der Waals surface area contributed by atoms with Crippen molar-refractivity contribution in [2.24, 2.45) is 0 Å². The van der Waals surface area contributed by atoms with Gasteiger partial charge in [-0.3, -0.25) is 19.2 Å². The summed E-state index contributed by atoms with van der Waals surface area (Å²) >= 11 is 0. The second kappa shape index (κ2) is 34.1. The number of ether oxygens (including phenoxy) is 6. The minimum absolute atomic E-state index is 0.0443. The summed E-state index contributed by atoms with van der Waals surface area (Å²) < 4.78 is 116. The van der Waals surface area contributed by atoms with Crippen LogP contribution in [0, 0.1) is 0 Å². The molecule has 4 amide bonds. The van der Waals surface area contributed by atoms with Gasteiger partial charge in [-0.05, 0) is 105 Å². The number of hydrogen-bond donors (Lipinski definition) is 7. The predicted octanol–water partition coefficient (Wildman–Crippen LogP) is 1.30. The fourth-order valence-electron chi connectivity index (χ4n) is 6.73. The molecule has 3 rings (SSSR count). The molecule has 3 aromatic carbocycles. The van der Waals surface area contributed by atoms with E-state index in [0.717, 1.165) is 0 Å². The number of ketones is 1. The molecule has 0 radical (unpaired) electrons. The number of rotatable bonds is 41. The Balaban J connectivity index is 1.56. The molecule has 0 unspecified atom stereocenters. The molecule has 0 saturated heterocycles. The van der Waals surface area contributed by atoms with E-state index in [0.29, 0.717) is 17.2 Å². The Kier molecular flexibility index (Phi) is 28.9. The van der Waals surface area contributed by atoms with Gasteiger partial charge in [-0.2, -0.15) is 0 Å². The van der Waals surface area contributed by atoms with Gasteiger partial charge in [0.1, 0.15) is 28.6 Å². The van der Waals surface area contributed by atoms with Gasteiger partial charge in [0.05, 0.1) is 75.7 Å². The molecule has 0 aliphatic heterocycles. The van der Waals surface area contributed by atoms with Crippen molar-refractivity contribution in [3.8, 4) is 17.2 Å². The fourth-order valence-corrected chi connectivity index (χ4v) is 9.96. The first kappa shape index (κ1) is 64.5. The van der Waals surface area contributed by atoms with Crippen LogP contribution in [0.1, 0.15) is 64.7 Å². The molecule has 3 aromatic rings. The van der Waals surface area contributed by atoms with Gasteiger partial charge in [-0.1, -0.05) is 0 Å². The van der Waals surface area contributed by atoms with Gasteiger partial charge in [0, 0.05) is 71.4 Å². The molecule has 24 nitrogen and oxygen atoms in total. The first-order valence-corrected chi connectivity index (χ1v) is 28.9. The average molecular weight is 1130 g/mol. The lowest BCUT2D eigenvalue weighted by molar-refractivity contribution is -0.131. The van der Waals surface area contributed by atoms with Crippen molar-refractivity contribution < 1.29 is 77.6 Å². The van der Waals surface area contributed by atoms with Gasteiger partial charge < -0.3 is 54.5 Å². The van der Waals surface area contributed by atoms with Crippen molar-refractivity contribution in [2.75, 3.05) is 100 Å². The summed E-state index contributed by atoms with van der Waals surface area (Å²) in [6, 6.07) is 17.6. The molecule has 0 spiro atoms. The molecule has 0 saturated carbocycles. The molecule has 0 aliphatic rings. The highest BCUT2D eigenvalue weighted by molar-refractivity contribution is 7.90. The quantitative estimate of drug-likeness (QED) is 0.0394. The van der Waals surface area contributed by atoms with E-state index in [9.17, 15) is 49.2 Å². The molecule has 0 bridgehead atoms. The van der Waals surface area contributed by atoms with E-state index in [4.69, 9.17) is 28.4 Å². The lowest BCUT2D eigenvalue weighted by Crippen LogP contribution is -2.58. The van der Waals surface area contributed by atoms with Crippen molar-refractivity contribution in [3.63, 3.8) is 0 Å². The molecule has 424 valence electrons. The highest BCUT2D eigenvalue weighted by Gasteiger charge is 2.34. The summed E-state index contributed by atoms with van der Waals surface area (Å²) in [4.78, 5) is 63.4. The molecule has 76 heavy (non-hydrogen) atoms. The third-order valence-electron chi connectivity index (χ3n) is 10.9. The summed E-state index contributed by atoms with van der Waals surface area (Å²) in [5.41, 5.74) is -1.43. The normalized spacial score (nSPS) is 11.8. The summed E-state index contributed by atoms with van der Waals surface area (Å²) in [6.07, 6.45) is 0.853. The maximum Gasteiger partial charge on any atom is 0.240 e. The van der Waals surface area contributed by atoms with Crippen LogP contribution in [0.15, 0.2) is 87.5 Å². The molecular weight excluding hydrogens is 1050 g/mol. The van der Waals surface area contributed by atoms with Crippen LogP contribution in [-0.2, 0) is 68.3 Å². The average Bonchev–Trinajstić information content (AvgIpc) is 3.39. The van der Waals surface area contributed by atoms with Crippen molar-refractivity contribution in [1.82, 2.24) is 35.4 Å². The van der Waals surface area contributed by atoms with Crippen LogP contribution >= 0.6 is 0 Å². The Bertz CT molecular complexity index is 2350. The number of carbonyl (C=O) groups excluding carboxylic acids is 5. The Morgan fingerprint density at radius 2 is 0.711 bits per heavy atom. The second-order valence-corrected chi connectivity index (χ2v) is 22.4.